The summed E-state index contributed by atoms with van der Waals surface area (Å²) in [6.45, 7) is 1.80. The Balaban J connectivity index is 2.08. The maximum Gasteiger partial charge on any atom is 0.309 e. The van der Waals surface area contributed by atoms with Crippen molar-refractivity contribution < 1.29 is 14.6 Å². The third-order valence-electron chi connectivity index (χ3n) is 4.94. The lowest BCUT2D eigenvalue weighted by Crippen LogP contribution is -2.40. The molecule has 1 fully saturated rings. The van der Waals surface area contributed by atoms with Crippen molar-refractivity contribution in [1.82, 2.24) is 5.32 Å². The highest BCUT2D eigenvalue weighted by Gasteiger charge is 2.37. The lowest BCUT2D eigenvalue weighted by molar-refractivity contribution is -0.139. The van der Waals surface area contributed by atoms with Crippen molar-refractivity contribution >= 4 is 5.97 Å². The van der Waals surface area contributed by atoms with E-state index in [2.05, 4.69) is 17.4 Å². The summed E-state index contributed by atoms with van der Waals surface area (Å²) in [6.07, 6.45) is 2.03. The second-order valence-electron chi connectivity index (χ2n) is 6.30. The van der Waals surface area contributed by atoms with Crippen LogP contribution < -0.4 is 5.32 Å². The summed E-state index contributed by atoms with van der Waals surface area (Å²) >= 11 is 0. The van der Waals surface area contributed by atoms with Crippen LogP contribution in [-0.2, 0) is 21.4 Å². The molecule has 0 aliphatic carbocycles. The van der Waals surface area contributed by atoms with Gasteiger partial charge in [-0.25, -0.2) is 0 Å². The Bertz CT molecular complexity index is 706. The van der Waals surface area contributed by atoms with E-state index in [-0.39, 0.29) is 23.6 Å². The molecule has 2 aromatic carbocycles. The Kier molecular flexibility index (Phi) is 4.86. The molecule has 0 aromatic heterocycles. The van der Waals surface area contributed by atoms with E-state index in [9.17, 15) is 9.90 Å². The Labute approximate surface area is 142 Å². The van der Waals surface area contributed by atoms with Crippen molar-refractivity contribution in [2.45, 2.75) is 24.7 Å². The molecule has 24 heavy (non-hydrogen) atoms. The molecule has 0 unspecified atom stereocenters. The summed E-state index contributed by atoms with van der Waals surface area (Å²) in [5, 5.41) is 14.0. The Hall–Kier alpha value is -2.33. The second kappa shape index (κ2) is 7.05. The smallest absolute Gasteiger partial charge is 0.309 e. The zero-order valence-electron chi connectivity index (χ0n) is 13.9. The van der Waals surface area contributed by atoms with Crippen molar-refractivity contribution in [3.63, 3.8) is 0 Å². The van der Waals surface area contributed by atoms with E-state index in [0.717, 1.165) is 37.1 Å². The van der Waals surface area contributed by atoms with E-state index < -0.39 is 0 Å². The van der Waals surface area contributed by atoms with Crippen LogP contribution in [0.2, 0.25) is 0 Å². The van der Waals surface area contributed by atoms with Gasteiger partial charge in [-0.3, -0.25) is 4.79 Å². The summed E-state index contributed by atoms with van der Waals surface area (Å²) < 4.78 is 4.77. The number of phenolic OH excluding ortho intramolecular Hbond substituents is 1. The number of methoxy groups -OCH3 is 1. The molecule has 0 saturated carbocycles. The second-order valence-corrected chi connectivity index (χ2v) is 6.30. The zero-order chi connectivity index (χ0) is 17.0. The molecule has 3 rings (SSSR count). The molecule has 1 saturated heterocycles. The third-order valence-corrected chi connectivity index (χ3v) is 4.94. The molecule has 4 nitrogen and oxygen atoms in total. The van der Waals surface area contributed by atoms with Crippen LogP contribution in [0.5, 0.6) is 5.75 Å². The van der Waals surface area contributed by atoms with E-state index in [1.165, 1.54) is 12.7 Å². The van der Waals surface area contributed by atoms with Crippen molar-refractivity contribution in [1.29, 1.82) is 0 Å². The molecule has 126 valence electrons. The van der Waals surface area contributed by atoms with Crippen molar-refractivity contribution in [3.05, 3.63) is 65.2 Å². The van der Waals surface area contributed by atoms with E-state index in [4.69, 9.17) is 4.74 Å². The Morgan fingerprint density at radius 2 is 1.88 bits per heavy atom. The number of carbonyl (C=O) groups excluding carboxylic acids is 1. The molecule has 0 radical (unpaired) electrons. The highest BCUT2D eigenvalue weighted by molar-refractivity contribution is 5.72. The molecule has 0 amide bonds. The van der Waals surface area contributed by atoms with E-state index >= 15 is 0 Å². The molecule has 0 bridgehead atoms. The minimum absolute atomic E-state index is 0.215. The summed E-state index contributed by atoms with van der Waals surface area (Å²) in [7, 11) is 1.39. The molecular formula is C20H23NO3. The van der Waals surface area contributed by atoms with Crippen LogP contribution in [0, 0.1) is 0 Å². The maximum absolute atomic E-state index is 11.6. The number of nitrogens with one attached hydrogen (secondary N) is 1. The number of aromatic hydroxyl groups is 1. The minimum atomic E-state index is -0.272. The highest BCUT2D eigenvalue weighted by Crippen LogP contribution is 2.44. The molecule has 1 heterocycles. The quantitative estimate of drug-likeness (QED) is 0.849. The minimum Gasteiger partial charge on any atom is -0.508 e. The molecule has 0 atom stereocenters. The SMILES string of the molecule is COC(=O)Cc1ccc(O)c(C2(c3ccccc3)CCNCC2)c1. The first kappa shape index (κ1) is 16.5. The van der Waals surface area contributed by atoms with Gasteiger partial charge in [-0.15, -0.1) is 0 Å². The normalized spacial score (nSPS) is 16.5. The Morgan fingerprint density at radius 3 is 2.54 bits per heavy atom. The molecule has 1 aliphatic heterocycles. The topological polar surface area (TPSA) is 58.6 Å². The van der Waals surface area contributed by atoms with E-state index in [0.29, 0.717) is 0 Å². The van der Waals surface area contributed by atoms with E-state index in [1.807, 2.05) is 24.3 Å². The average Bonchev–Trinajstić information content (AvgIpc) is 2.64. The van der Waals surface area contributed by atoms with Crippen LogP contribution in [0.15, 0.2) is 48.5 Å². The van der Waals surface area contributed by atoms with Gasteiger partial charge >= 0.3 is 5.97 Å². The number of hydrogen-bond acceptors (Lipinski definition) is 4. The third kappa shape index (κ3) is 3.15. The van der Waals surface area contributed by atoms with Crippen LogP contribution in [0.1, 0.15) is 29.5 Å². The van der Waals surface area contributed by atoms with E-state index in [1.54, 1.807) is 12.1 Å². The summed E-state index contributed by atoms with van der Waals surface area (Å²) in [5.41, 5.74) is 2.74. The fraction of sp³-hybridized carbons (Fsp3) is 0.350. The fourth-order valence-electron chi connectivity index (χ4n) is 3.64. The molecular weight excluding hydrogens is 302 g/mol. The van der Waals surface area contributed by atoms with Crippen LogP contribution >= 0.6 is 0 Å². The predicted molar refractivity (Wildman–Crippen MR) is 93.2 cm³/mol. The first-order chi connectivity index (χ1) is 11.7. The van der Waals surface area contributed by atoms with Gasteiger partial charge in [-0.1, -0.05) is 42.5 Å². The van der Waals surface area contributed by atoms with Crippen LogP contribution in [0.4, 0.5) is 0 Å². The van der Waals surface area contributed by atoms with Crippen molar-refractivity contribution in [2.75, 3.05) is 20.2 Å². The summed E-state index contributed by atoms with van der Waals surface area (Å²) in [6, 6.07) is 15.8. The number of piperidine rings is 1. The van der Waals surface area contributed by atoms with Gasteiger partial charge < -0.3 is 15.2 Å². The van der Waals surface area contributed by atoms with Gasteiger partial charge in [0.05, 0.1) is 13.5 Å². The maximum atomic E-state index is 11.6. The predicted octanol–water partition coefficient (Wildman–Crippen LogP) is 2.78. The molecule has 4 heteroatoms. The van der Waals surface area contributed by atoms with Crippen LogP contribution in [0.3, 0.4) is 0 Å². The first-order valence-corrected chi connectivity index (χ1v) is 8.31. The largest absolute Gasteiger partial charge is 0.508 e. The van der Waals surface area contributed by atoms with Gasteiger partial charge in [0.2, 0.25) is 0 Å². The number of benzene rings is 2. The first-order valence-electron chi connectivity index (χ1n) is 8.31. The molecule has 0 spiro atoms. The standard InChI is InChI=1S/C20H23NO3/c1-24-19(23)14-15-7-8-18(22)17(13-15)20(9-11-21-12-10-20)16-5-3-2-4-6-16/h2-8,13,21-22H,9-12,14H2,1H3. The van der Waals surface area contributed by atoms with Gasteiger partial charge in [0.15, 0.2) is 0 Å². The molecule has 1 aliphatic rings. The average molecular weight is 325 g/mol. The lowest BCUT2D eigenvalue weighted by Gasteiger charge is -2.39. The lowest BCUT2D eigenvalue weighted by atomic mass is 9.67. The van der Waals surface area contributed by atoms with Crippen molar-refractivity contribution in [3.8, 4) is 5.75 Å². The Morgan fingerprint density at radius 1 is 1.17 bits per heavy atom. The fourth-order valence-corrected chi connectivity index (χ4v) is 3.64. The molecule has 2 aromatic rings. The van der Waals surface area contributed by atoms with Gasteiger partial charge in [0, 0.05) is 11.0 Å². The van der Waals surface area contributed by atoms with Gasteiger partial charge in [0.1, 0.15) is 5.75 Å². The monoisotopic (exact) mass is 325 g/mol. The number of esters is 1. The van der Waals surface area contributed by atoms with Gasteiger partial charge in [0.25, 0.3) is 0 Å². The number of carbonyl (C=O) groups is 1. The number of hydrogen-bond donors (Lipinski definition) is 2. The number of phenols is 1. The van der Waals surface area contributed by atoms with Crippen LogP contribution in [0.25, 0.3) is 0 Å². The van der Waals surface area contributed by atoms with Crippen LogP contribution in [-0.4, -0.2) is 31.3 Å². The van der Waals surface area contributed by atoms with Gasteiger partial charge in [-0.2, -0.15) is 0 Å². The molecule has 2 N–H and O–H groups in total. The highest BCUT2D eigenvalue weighted by atomic mass is 16.5. The number of rotatable bonds is 4. The summed E-state index contributed by atoms with van der Waals surface area (Å²) in [4.78, 5) is 11.6. The van der Waals surface area contributed by atoms with Crippen molar-refractivity contribution in [2.24, 2.45) is 0 Å². The number of ether oxygens (including phenoxy) is 1. The zero-order valence-corrected chi connectivity index (χ0v) is 13.9. The van der Waals surface area contributed by atoms with Gasteiger partial charge in [-0.05, 0) is 43.1 Å². The summed E-state index contributed by atoms with van der Waals surface area (Å²) in [5.74, 6) is 0.0140.